The van der Waals surface area contributed by atoms with Crippen molar-refractivity contribution in [2.75, 3.05) is 29.9 Å². The molecule has 0 aliphatic carbocycles. The largest absolute Gasteiger partial charge is 0.354 e. The van der Waals surface area contributed by atoms with E-state index >= 15 is 0 Å². The van der Waals surface area contributed by atoms with Crippen molar-refractivity contribution in [1.29, 1.82) is 0 Å². The smallest absolute Gasteiger partial charge is 0.257 e. The van der Waals surface area contributed by atoms with Gasteiger partial charge >= 0.3 is 0 Å². The van der Waals surface area contributed by atoms with Crippen molar-refractivity contribution in [3.63, 3.8) is 0 Å². The number of nitrogens with zero attached hydrogens (tertiary/aromatic N) is 6. The van der Waals surface area contributed by atoms with E-state index in [2.05, 4.69) is 44.1 Å². The summed E-state index contributed by atoms with van der Waals surface area (Å²) in [5.41, 5.74) is 0.302. The average Bonchev–Trinajstić information content (AvgIpc) is 3.08. The van der Waals surface area contributed by atoms with Gasteiger partial charge in [-0.25, -0.2) is 4.68 Å². The summed E-state index contributed by atoms with van der Waals surface area (Å²) in [5.74, 6) is 1.86. The third-order valence-corrected chi connectivity index (χ3v) is 3.62. The first-order valence-corrected chi connectivity index (χ1v) is 7.32. The molecule has 3 heterocycles. The van der Waals surface area contributed by atoms with Crippen molar-refractivity contribution in [2.24, 2.45) is 5.41 Å². The molecule has 2 aromatic heterocycles. The Bertz CT molecular complexity index is 606. The molecule has 0 atom stereocenters. The van der Waals surface area contributed by atoms with Crippen LogP contribution in [-0.2, 0) is 0 Å². The Morgan fingerprint density at radius 1 is 1.24 bits per heavy atom. The number of hydrogen-bond donors (Lipinski definition) is 1. The fraction of sp³-hybridized carbons (Fsp3) is 0.571. The quantitative estimate of drug-likeness (QED) is 0.923. The lowest BCUT2D eigenvalue weighted by atomic mass is 9.93. The van der Waals surface area contributed by atoms with Gasteiger partial charge in [-0.1, -0.05) is 13.8 Å². The van der Waals surface area contributed by atoms with Crippen molar-refractivity contribution < 1.29 is 0 Å². The Kier molecular flexibility index (Phi) is 3.48. The van der Waals surface area contributed by atoms with Gasteiger partial charge in [0.1, 0.15) is 0 Å². The summed E-state index contributed by atoms with van der Waals surface area (Å²) in [5, 5.41) is 7.37. The van der Waals surface area contributed by atoms with E-state index in [1.54, 1.807) is 10.9 Å². The molecule has 0 aromatic carbocycles. The summed E-state index contributed by atoms with van der Waals surface area (Å²) in [6.45, 7) is 9.27. The maximum Gasteiger partial charge on any atom is 0.257 e. The van der Waals surface area contributed by atoms with Crippen LogP contribution in [0.2, 0.25) is 0 Å². The van der Waals surface area contributed by atoms with E-state index in [4.69, 9.17) is 0 Å². The van der Waals surface area contributed by atoms with Crippen LogP contribution in [0, 0.1) is 5.41 Å². The predicted octanol–water partition coefficient (Wildman–Crippen LogP) is 1.73. The van der Waals surface area contributed by atoms with Gasteiger partial charge in [0.25, 0.3) is 5.95 Å². The molecule has 0 unspecified atom stereocenters. The Morgan fingerprint density at radius 3 is 2.67 bits per heavy atom. The van der Waals surface area contributed by atoms with Gasteiger partial charge in [-0.15, -0.1) is 0 Å². The van der Waals surface area contributed by atoms with Gasteiger partial charge in [0, 0.05) is 32.0 Å². The van der Waals surface area contributed by atoms with Gasteiger partial charge in [-0.05, 0) is 24.8 Å². The van der Waals surface area contributed by atoms with Crippen molar-refractivity contribution in [1.82, 2.24) is 24.7 Å². The van der Waals surface area contributed by atoms with E-state index < -0.39 is 0 Å². The van der Waals surface area contributed by atoms with Crippen LogP contribution in [-0.4, -0.2) is 44.4 Å². The predicted molar refractivity (Wildman–Crippen MR) is 81.7 cm³/mol. The molecule has 0 amide bonds. The molecule has 1 aliphatic rings. The molecule has 112 valence electrons. The molecule has 1 fully saturated rings. The summed E-state index contributed by atoms with van der Waals surface area (Å²) in [7, 11) is 0. The molecule has 21 heavy (non-hydrogen) atoms. The SMILES string of the molecule is CCNc1nc(N2CCC(C)(C)C2)nc(-n2cccn2)n1. The van der Waals surface area contributed by atoms with Crippen LogP contribution in [0.1, 0.15) is 27.2 Å². The highest BCUT2D eigenvalue weighted by Gasteiger charge is 2.31. The summed E-state index contributed by atoms with van der Waals surface area (Å²) in [6.07, 6.45) is 4.70. The number of aromatic nitrogens is 5. The van der Waals surface area contributed by atoms with Crippen LogP contribution in [0.4, 0.5) is 11.9 Å². The number of rotatable bonds is 4. The minimum Gasteiger partial charge on any atom is -0.354 e. The lowest BCUT2D eigenvalue weighted by Crippen LogP contribution is -2.26. The zero-order valence-corrected chi connectivity index (χ0v) is 12.7. The highest BCUT2D eigenvalue weighted by atomic mass is 15.4. The van der Waals surface area contributed by atoms with Crippen LogP contribution in [0.25, 0.3) is 5.95 Å². The summed E-state index contributed by atoms with van der Waals surface area (Å²) in [6, 6.07) is 1.86. The summed E-state index contributed by atoms with van der Waals surface area (Å²) < 4.78 is 1.66. The van der Waals surface area contributed by atoms with Crippen LogP contribution in [0.15, 0.2) is 18.5 Å². The molecule has 0 spiro atoms. The second kappa shape index (κ2) is 5.31. The number of nitrogens with one attached hydrogen (secondary N) is 1. The standard InChI is InChI=1S/C14H21N7/c1-4-15-11-17-12(20-9-6-14(2,3)10-20)19-13(18-11)21-8-5-7-16-21/h5,7-8H,4,6,9-10H2,1-3H3,(H,15,17,18,19). The van der Waals surface area contributed by atoms with Crippen molar-refractivity contribution in [3.8, 4) is 5.95 Å². The highest BCUT2D eigenvalue weighted by Crippen LogP contribution is 2.31. The van der Waals surface area contributed by atoms with Gasteiger partial charge in [-0.2, -0.15) is 20.1 Å². The molecule has 1 N–H and O–H groups in total. The van der Waals surface area contributed by atoms with Gasteiger partial charge in [-0.3, -0.25) is 0 Å². The van der Waals surface area contributed by atoms with Crippen LogP contribution < -0.4 is 10.2 Å². The van der Waals surface area contributed by atoms with Gasteiger partial charge < -0.3 is 10.2 Å². The number of hydrogen-bond acceptors (Lipinski definition) is 6. The lowest BCUT2D eigenvalue weighted by Gasteiger charge is -2.20. The lowest BCUT2D eigenvalue weighted by molar-refractivity contribution is 0.418. The second-order valence-corrected chi connectivity index (χ2v) is 6.08. The van der Waals surface area contributed by atoms with Crippen molar-refractivity contribution in [2.45, 2.75) is 27.2 Å². The topological polar surface area (TPSA) is 71.8 Å². The Morgan fingerprint density at radius 2 is 2.05 bits per heavy atom. The van der Waals surface area contributed by atoms with Crippen molar-refractivity contribution in [3.05, 3.63) is 18.5 Å². The average molecular weight is 287 g/mol. The van der Waals surface area contributed by atoms with Crippen LogP contribution >= 0.6 is 0 Å². The van der Waals surface area contributed by atoms with Crippen molar-refractivity contribution >= 4 is 11.9 Å². The zero-order chi connectivity index (χ0) is 14.9. The first-order chi connectivity index (χ1) is 10.1. The van der Waals surface area contributed by atoms with Crippen LogP contribution in [0.3, 0.4) is 0 Å². The van der Waals surface area contributed by atoms with E-state index in [1.807, 2.05) is 19.2 Å². The maximum atomic E-state index is 4.57. The Balaban J connectivity index is 1.96. The van der Waals surface area contributed by atoms with Gasteiger partial charge in [0.05, 0.1) is 0 Å². The fourth-order valence-corrected chi connectivity index (χ4v) is 2.51. The van der Waals surface area contributed by atoms with E-state index in [1.165, 1.54) is 0 Å². The zero-order valence-electron chi connectivity index (χ0n) is 12.7. The summed E-state index contributed by atoms with van der Waals surface area (Å²) in [4.78, 5) is 15.7. The highest BCUT2D eigenvalue weighted by molar-refractivity contribution is 5.41. The molecule has 0 saturated carbocycles. The molecule has 1 saturated heterocycles. The van der Waals surface area contributed by atoms with E-state index in [0.29, 0.717) is 17.3 Å². The first kappa shape index (κ1) is 13.8. The number of anilines is 2. The maximum absolute atomic E-state index is 4.57. The molecule has 2 aromatic rings. The second-order valence-electron chi connectivity index (χ2n) is 6.08. The first-order valence-electron chi connectivity index (χ1n) is 7.32. The normalized spacial score (nSPS) is 17.2. The van der Waals surface area contributed by atoms with E-state index in [-0.39, 0.29) is 0 Å². The molecule has 1 aliphatic heterocycles. The molecular formula is C14H21N7. The molecule has 0 radical (unpaired) electrons. The Labute approximate surface area is 124 Å². The summed E-state index contributed by atoms with van der Waals surface area (Å²) >= 11 is 0. The Hall–Kier alpha value is -2.18. The molecule has 3 rings (SSSR count). The minimum absolute atomic E-state index is 0.302. The molecule has 7 heteroatoms. The monoisotopic (exact) mass is 287 g/mol. The molecule has 7 nitrogen and oxygen atoms in total. The fourth-order valence-electron chi connectivity index (χ4n) is 2.51. The van der Waals surface area contributed by atoms with Crippen LogP contribution in [0.5, 0.6) is 0 Å². The van der Waals surface area contributed by atoms with E-state index in [0.717, 1.165) is 32.0 Å². The van der Waals surface area contributed by atoms with Gasteiger partial charge in [0.15, 0.2) is 0 Å². The minimum atomic E-state index is 0.302. The van der Waals surface area contributed by atoms with E-state index in [9.17, 15) is 0 Å². The third kappa shape index (κ3) is 2.96. The molecular weight excluding hydrogens is 266 g/mol. The van der Waals surface area contributed by atoms with Gasteiger partial charge in [0.2, 0.25) is 11.9 Å². The molecule has 0 bridgehead atoms. The third-order valence-electron chi connectivity index (χ3n) is 3.62.